The summed E-state index contributed by atoms with van der Waals surface area (Å²) in [5.41, 5.74) is 0.837. The van der Waals surface area contributed by atoms with Crippen molar-refractivity contribution >= 4 is 30.8 Å². The van der Waals surface area contributed by atoms with Crippen LogP contribution < -0.4 is 0 Å². The van der Waals surface area contributed by atoms with E-state index in [0.29, 0.717) is 25.2 Å². The zero-order valence-corrected chi connectivity index (χ0v) is 18.0. The number of carboxylic acid groups (broad SMARTS) is 1. The summed E-state index contributed by atoms with van der Waals surface area (Å²) in [6.45, 7) is 3.62. The third-order valence-electron chi connectivity index (χ3n) is 5.15. The maximum atomic E-state index is 13.2. The molecular weight excluding hydrogens is 440 g/mol. The van der Waals surface area contributed by atoms with Crippen LogP contribution in [0.5, 0.6) is 0 Å². The number of aliphatic carboxylic acids is 1. The number of nitrogens with zero attached hydrogens (tertiary/aromatic N) is 2. The molecule has 1 N–H and O–H groups in total. The molecule has 0 aliphatic carbocycles. The molecule has 0 bridgehead atoms. The zero-order chi connectivity index (χ0) is 20.3. The Morgan fingerprint density at radius 2 is 1.70 bits per heavy atom. The molecule has 4 nitrogen and oxygen atoms in total. The van der Waals surface area contributed by atoms with Gasteiger partial charge in [-0.1, -0.05) is 42.5 Å². The van der Waals surface area contributed by atoms with Crippen LogP contribution in [0.1, 0.15) is 29.7 Å². The standard InChI is InChI=1S/C21H23F3N2O2.2ClH/c1-15-13-26(11-10-25(15)14-19(27)28)20(16-6-3-2-4-7-16)17-8-5-9-18(12-17)21(22,23)24;;/h2-9,12,15,20H,10-11,13-14H2,1H3,(H,27,28);2*1H/t15?,20-;;/m1../s1. The molecule has 2 atom stereocenters. The highest BCUT2D eigenvalue weighted by atomic mass is 35.5. The third kappa shape index (κ3) is 6.35. The minimum atomic E-state index is -4.40. The van der Waals surface area contributed by atoms with E-state index in [-0.39, 0.29) is 43.4 Å². The first-order chi connectivity index (χ1) is 13.3. The number of rotatable bonds is 5. The monoisotopic (exact) mass is 464 g/mol. The second-order valence-electron chi connectivity index (χ2n) is 7.14. The van der Waals surface area contributed by atoms with Gasteiger partial charge in [0.15, 0.2) is 0 Å². The zero-order valence-electron chi connectivity index (χ0n) is 16.4. The molecule has 1 aliphatic rings. The first-order valence-corrected chi connectivity index (χ1v) is 9.17. The molecule has 0 radical (unpaired) electrons. The van der Waals surface area contributed by atoms with E-state index < -0.39 is 17.7 Å². The fraction of sp³-hybridized carbons (Fsp3) is 0.381. The Morgan fingerprint density at radius 1 is 1.07 bits per heavy atom. The van der Waals surface area contributed by atoms with E-state index in [9.17, 15) is 18.0 Å². The second kappa shape index (κ2) is 11.0. The number of benzene rings is 2. The van der Waals surface area contributed by atoms with Crippen molar-refractivity contribution in [3.05, 3.63) is 71.3 Å². The van der Waals surface area contributed by atoms with Gasteiger partial charge in [0, 0.05) is 25.7 Å². The van der Waals surface area contributed by atoms with E-state index in [1.54, 1.807) is 6.07 Å². The van der Waals surface area contributed by atoms with Crippen LogP contribution >= 0.6 is 24.8 Å². The highest BCUT2D eigenvalue weighted by Gasteiger charge is 2.34. The van der Waals surface area contributed by atoms with E-state index in [1.807, 2.05) is 42.2 Å². The number of hydrogen-bond acceptors (Lipinski definition) is 3. The number of alkyl halides is 3. The topological polar surface area (TPSA) is 43.8 Å². The van der Waals surface area contributed by atoms with Gasteiger partial charge < -0.3 is 5.11 Å². The Kier molecular flexibility index (Phi) is 9.62. The Morgan fingerprint density at radius 3 is 2.27 bits per heavy atom. The molecule has 1 aliphatic heterocycles. The molecule has 2 aromatic rings. The first kappa shape index (κ1) is 26.2. The molecule has 0 amide bonds. The molecule has 1 fully saturated rings. The molecule has 1 heterocycles. The maximum Gasteiger partial charge on any atom is 0.416 e. The average Bonchev–Trinajstić information content (AvgIpc) is 2.64. The van der Waals surface area contributed by atoms with Crippen molar-refractivity contribution in [2.75, 3.05) is 26.2 Å². The largest absolute Gasteiger partial charge is 0.480 e. The maximum absolute atomic E-state index is 13.2. The van der Waals surface area contributed by atoms with Crippen LogP contribution in [0.4, 0.5) is 13.2 Å². The molecule has 9 heteroatoms. The molecule has 3 rings (SSSR count). The average molecular weight is 465 g/mol. The fourth-order valence-electron chi connectivity index (χ4n) is 3.80. The Labute approximate surface area is 186 Å². The quantitative estimate of drug-likeness (QED) is 0.694. The smallest absolute Gasteiger partial charge is 0.416 e. The molecule has 166 valence electrons. The van der Waals surface area contributed by atoms with Crippen LogP contribution in [0, 0.1) is 0 Å². The molecule has 2 aromatic carbocycles. The summed E-state index contributed by atoms with van der Waals surface area (Å²) >= 11 is 0. The van der Waals surface area contributed by atoms with Crippen LogP contribution in [-0.4, -0.2) is 53.1 Å². The number of hydrogen-bond donors (Lipinski definition) is 1. The second-order valence-corrected chi connectivity index (χ2v) is 7.14. The number of piperazine rings is 1. The molecular formula is C21H25Cl2F3N2O2. The van der Waals surface area contributed by atoms with Crippen molar-refractivity contribution in [1.29, 1.82) is 0 Å². The lowest BCUT2D eigenvalue weighted by Crippen LogP contribution is -2.54. The molecule has 0 saturated carbocycles. The summed E-state index contributed by atoms with van der Waals surface area (Å²) in [5.74, 6) is -0.877. The van der Waals surface area contributed by atoms with E-state index in [4.69, 9.17) is 5.11 Å². The summed E-state index contributed by atoms with van der Waals surface area (Å²) in [6.07, 6.45) is -4.40. The normalized spacial score (nSPS) is 18.7. The van der Waals surface area contributed by atoms with E-state index >= 15 is 0 Å². The lowest BCUT2D eigenvalue weighted by Gasteiger charge is -2.43. The van der Waals surface area contributed by atoms with Gasteiger partial charge in [0.1, 0.15) is 0 Å². The van der Waals surface area contributed by atoms with Crippen molar-refractivity contribution < 1.29 is 23.1 Å². The van der Waals surface area contributed by atoms with Crippen LogP contribution in [0.3, 0.4) is 0 Å². The van der Waals surface area contributed by atoms with Gasteiger partial charge in [0.25, 0.3) is 0 Å². The third-order valence-corrected chi connectivity index (χ3v) is 5.15. The van der Waals surface area contributed by atoms with Crippen molar-refractivity contribution in [2.45, 2.75) is 25.2 Å². The van der Waals surface area contributed by atoms with Gasteiger partial charge >= 0.3 is 12.1 Å². The van der Waals surface area contributed by atoms with Gasteiger partial charge in [-0.25, -0.2) is 0 Å². The van der Waals surface area contributed by atoms with E-state index in [2.05, 4.69) is 4.90 Å². The predicted molar refractivity (Wildman–Crippen MR) is 114 cm³/mol. The predicted octanol–water partition coefficient (Wildman–Crippen LogP) is 4.73. The minimum Gasteiger partial charge on any atom is -0.480 e. The number of halogens is 5. The number of carbonyl (C=O) groups is 1. The van der Waals surface area contributed by atoms with Crippen molar-refractivity contribution in [2.24, 2.45) is 0 Å². The Balaban J connectivity index is 0.00000225. The number of carboxylic acids is 1. The van der Waals surface area contributed by atoms with Gasteiger partial charge in [0.2, 0.25) is 0 Å². The van der Waals surface area contributed by atoms with Gasteiger partial charge in [-0.2, -0.15) is 13.2 Å². The lowest BCUT2D eigenvalue weighted by molar-refractivity contribution is -0.139. The lowest BCUT2D eigenvalue weighted by atomic mass is 9.94. The Hall–Kier alpha value is -1.80. The summed E-state index contributed by atoms with van der Waals surface area (Å²) in [6, 6.07) is 14.6. The highest BCUT2D eigenvalue weighted by Crippen LogP contribution is 2.35. The summed E-state index contributed by atoms with van der Waals surface area (Å²) in [4.78, 5) is 15.1. The summed E-state index contributed by atoms with van der Waals surface area (Å²) in [5, 5.41) is 9.06. The fourth-order valence-corrected chi connectivity index (χ4v) is 3.80. The van der Waals surface area contributed by atoms with Gasteiger partial charge in [-0.05, 0) is 30.2 Å². The molecule has 0 spiro atoms. The van der Waals surface area contributed by atoms with Crippen LogP contribution in [0.25, 0.3) is 0 Å². The molecule has 30 heavy (non-hydrogen) atoms. The van der Waals surface area contributed by atoms with E-state index in [1.165, 1.54) is 12.1 Å². The van der Waals surface area contributed by atoms with Crippen molar-refractivity contribution in [1.82, 2.24) is 9.80 Å². The van der Waals surface area contributed by atoms with Crippen LogP contribution in [0.15, 0.2) is 54.6 Å². The van der Waals surface area contributed by atoms with Crippen molar-refractivity contribution in [3.63, 3.8) is 0 Å². The first-order valence-electron chi connectivity index (χ1n) is 9.17. The minimum absolute atomic E-state index is 0. The molecule has 1 saturated heterocycles. The SMILES string of the molecule is CC1CN([C@H](c2ccccc2)c2cccc(C(F)(F)F)c2)CCN1CC(=O)O.Cl.Cl. The molecule has 0 aromatic heterocycles. The van der Waals surface area contributed by atoms with Gasteiger partial charge in [-0.3, -0.25) is 14.6 Å². The summed E-state index contributed by atoms with van der Waals surface area (Å²) < 4.78 is 39.7. The van der Waals surface area contributed by atoms with Crippen molar-refractivity contribution in [3.8, 4) is 0 Å². The van der Waals surface area contributed by atoms with Crippen LogP contribution in [0.2, 0.25) is 0 Å². The van der Waals surface area contributed by atoms with Gasteiger partial charge in [0.05, 0.1) is 18.2 Å². The van der Waals surface area contributed by atoms with Crippen LogP contribution in [-0.2, 0) is 11.0 Å². The molecule has 1 unspecified atom stereocenters. The highest BCUT2D eigenvalue weighted by molar-refractivity contribution is 5.85. The van der Waals surface area contributed by atoms with E-state index in [0.717, 1.165) is 11.6 Å². The summed E-state index contributed by atoms with van der Waals surface area (Å²) in [7, 11) is 0. The Bertz CT molecular complexity index is 821. The van der Waals surface area contributed by atoms with Gasteiger partial charge in [-0.15, -0.1) is 24.8 Å².